The van der Waals surface area contributed by atoms with Gasteiger partial charge in [-0.2, -0.15) is 5.10 Å². The highest BCUT2D eigenvalue weighted by molar-refractivity contribution is 5.10. The summed E-state index contributed by atoms with van der Waals surface area (Å²) in [7, 11) is 4.16. The van der Waals surface area contributed by atoms with Crippen LogP contribution in [0, 0.1) is 5.41 Å². The topological polar surface area (TPSA) is 47.1 Å². The zero-order valence-electron chi connectivity index (χ0n) is 12.1. The molecule has 1 aromatic heterocycles. The Labute approximate surface area is 110 Å². The molecule has 1 unspecified atom stereocenters. The van der Waals surface area contributed by atoms with Crippen molar-refractivity contribution in [3.63, 3.8) is 0 Å². The van der Waals surface area contributed by atoms with Gasteiger partial charge in [0.25, 0.3) is 0 Å². The molecule has 1 saturated carbocycles. The molecule has 4 nitrogen and oxygen atoms in total. The van der Waals surface area contributed by atoms with Gasteiger partial charge in [-0.05, 0) is 25.3 Å². The molecule has 4 heteroatoms. The van der Waals surface area contributed by atoms with E-state index in [-0.39, 0.29) is 5.54 Å². The predicted molar refractivity (Wildman–Crippen MR) is 74.1 cm³/mol. The maximum atomic E-state index is 6.14. The van der Waals surface area contributed by atoms with Crippen LogP contribution in [0.1, 0.15) is 38.7 Å². The van der Waals surface area contributed by atoms with E-state index in [1.807, 2.05) is 17.9 Å². The zero-order chi connectivity index (χ0) is 13.4. The summed E-state index contributed by atoms with van der Waals surface area (Å²) in [5, 5.41) is 4.24. The van der Waals surface area contributed by atoms with E-state index in [9.17, 15) is 0 Å². The van der Waals surface area contributed by atoms with Crippen molar-refractivity contribution in [2.24, 2.45) is 18.2 Å². The number of nitrogens with two attached hydrogens (primary N) is 1. The second kappa shape index (κ2) is 4.67. The van der Waals surface area contributed by atoms with Crippen molar-refractivity contribution >= 4 is 0 Å². The van der Waals surface area contributed by atoms with Crippen LogP contribution in [0.5, 0.6) is 0 Å². The van der Waals surface area contributed by atoms with Crippen molar-refractivity contribution in [3.8, 4) is 0 Å². The van der Waals surface area contributed by atoms with Crippen LogP contribution in [0.4, 0.5) is 0 Å². The van der Waals surface area contributed by atoms with Crippen LogP contribution in [0.15, 0.2) is 12.4 Å². The summed E-state index contributed by atoms with van der Waals surface area (Å²) < 4.78 is 1.86. The van der Waals surface area contributed by atoms with Crippen molar-refractivity contribution < 1.29 is 0 Å². The minimum absolute atomic E-state index is 0.128. The quantitative estimate of drug-likeness (QED) is 0.886. The Hall–Kier alpha value is -0.870. The van der Waals surface area contributed by atoms with Crippen LogP contribution in [-0.2, 0) is 13.6 Å². The first-order chi connectivity index (χ1) is 8.41. The summed E-state index contributed by atoms with van der Waals surface area (Å²) in [6.45, 7) is 6.37. The fraction of sp³-hybridized carbons (Fsp3) is 0.786. The summed E-state index contributed by atoms with van der Waals surface area (Å²) >= 11 is 0. The fourth-order valence-corrected chi connectivity index (χ4v) is 3.61. The van der Waals surface area contributed by atoms with Crippen LogP contribution in [0.3, 0.4) is 0 Å². The number of aromatic nitrogens is 2. The Morgan fingerprint density at radius 3 is 2.61 bits per heavy atom. The van der Waals surface area contributed by atoms with Gasteiger partial charge in [0.1, 0.15) is 0 Å². The highest BCUT2D eigenvalue weighted by atomic mass is 15.3. The van der Waals surface area contributed by atoms with Crippen molar-refractivity contribution in [1.29, 1.82) is 0 Å². The minimum Gasteiger partial charge on any atom is -0.329 e. The van der Waals surface area contributed by atoms with Gasteiger partial charge in [0.15, 0.2) is 0 Å². The summed E-state index contributed by atoms with van der Waals surface area (Å²) in [5.74, 6) is 0. The number of hydrogen-bond acceptors (Lipinski definition) is 3. The molecule has 0 bridgehead atoms. The molecule has 0 radical (unpaired) electrons. The Balaban J connectivity index is 2.18. The maximum absolute atomic E-state index is 6.14. The van der Waals surface area contributed by atoms with E-state index in [2.05, 4.69) is 37.1 Å². The van der Waals surface area contributed by atoms with Gasteiger partial charge in [-0.25, -0.2) is 0 Å². The Bertz CT molecular complexity index is 410. The van der Waals surface area contributed by atoms with E-state index in [4.69, 9.17) is 5.73 Å². The number of aryl methyl sites for hydroxylation is 1. The van der Waals surface area contributed by atoms with Crippen molar-refractivity contribution in [2.45, 2.75) is 45.2 Å². The first kappa shape index (κ1) is 13.6. The number of rotatable bonds is 4. The summed E-state index contributed by atoms with van der Waals surface area (Å²) in [6, 6.07) is 0. The highest BCUT2D eigenvalue weighted by Crippen LogP contribution is 2.48. The number of hydrogen-bond donors (Lipinski definition) is 1. The van der Waals surface area contributed by atoms with Crippen molar-refractivity contribution in [3.05, 3.63) is 18.0 Å². The predicted octanol–water partition coefficient (Wildman–Crippen LogP) is 1.76. The molecular weight excluding hydrogens is 224 g/mol. The molecule has 1 aliphatic rings. The maximum Gasteiger partial charge on any atom is 0.0534 e. The SMILES string of the molecule is CN(Cc1cnn(C)c1)C1(CN)CCCC1(C)C. The number of likely N-dealkylation sites (N-methyl/N-ethyl adjacent to an activating group) is 1. The highest BCUT2D eigenvalue weighted by Gasteiger charge is 2.50. The van der Waals surface area contributed by atoms with Crippen LogP contribution in [-0.4, -0.2) is 33.8 Å². The monoisotopic (exact) mass is 250 g/mol. The summed E-state index contributed by atoms with van der Waals surface area (Å²) in [6.07, 6.45) is 7.78. The second-order valence-electron chi connectivity index (χ2n) is 6.35. The van der Waals surface area contributed by atoms with Gasteiger partial charge in [-0.15, -0.1) is 0 Å². The third kappa shape index (κ3) is 2.08. The Morgan fingerprint density at radius 2 is 2.17 bits per heavy atom. The first-order valence-electron chi connectivity index (χ1n) is 6.80. The molecule has 0 saturated heterocycles. The molecular formula is C14H26N4. The van der Waals surface area contributed by atoms with Crippen molar-refractivity contribution in [2.75, 3.05) is 13.6 Å². The average Bonchev–Trinajstić information content (AvgIpc) is 2.82. The van der Waals surface area contributed by atoms with Crippen LogP contribution >= 0.6 is 0 Å². The fourth-order valence-electron chi connectivity index (χ4n) is 3.61. The second-order valence-corrected chi connectivity index (χ2v) is 6.35. The van der Waals surface area contributed by atoms with Gasteiger partial charge >= 0.3 is 0 Å². The van der Waals surface area contributed by atoms with Crippen LogP contribution in [0.25, 0.3) is 0 Å². The Kier molecular flexibility index (Phi) is 3.52. The standard InChI is InChI=1S/C14H26N4/c1-13(2)6-5-7-14(13,11-15)17(3)9-12-8-16-18(4)10-12/h8,10H,5-7,9,11,15H2,1-4H3. The molecule has 0 aliphatic heterocycles. The third-order valence-corrected chi connectivity index (χ3v) is 4.90. The molecule has 1 aromatic rings. The molecule has 2 rings (SSSR count). The lowest BCUT2D eigenvalue weighted by molar-refractivity contribution is 0.0276. The van der Waals surface area contributed by atoms with Crippen molar-refractivity contribution in [1.82, 2.24) is 14.7 Å². The molecule has 1 aliphatic carbocycles. The van der Waals surface area contributed by atoms with Crippen LogP contribution in [0.2, 0.25) is 0 Å². The molecule has 0 spiro atoms. The smallest absolute Gasteiger partial charge is 0.0534 e. The number of nitrogens with zero attached hydrogens (tertiary/aromatic N) is 3. The van der Waals surface area contributed by atoms with E-state index < -0.39 is 0 Å². The van der Waals surface area contributed by atoms with Gasteiger partial charge < -0.3 is 5.73 Å². The van der Waals surface area contributed by atoms with E-state index in [1.54, 1.807) is 0 Å². The zero-order valence-corrected chi connectivity index (χ0v) is 12.1. The molecule has 1 atom stereocenters. The lowest BCUT2D eigenvalue weighted by atomic mass is 9.73. The Morgan fingerprint density at radius 1 is 1.44 bits per heavy atom. The molecule has 1 fully saturated rings. The molecule has 18 heavy (non-hydrogen) atoms. The molecule has 102 valence electrons. The lowest BCUT2D eigenvalue weighted by Crippen LogP contribution is -2.57. The third-order valence-electron chi connectivity index (χ3n) is 4.90. The molecule has 0 aromatic carbocycles. The molecule has 2 N–H and O–H groups in total. The molecule has 0 amide bonds. The summed E-state index contributed by atoms with van der Waals surface area (Å²) in [4.78, 5) is 2.44. The van der Waals surface area contributed by atoms with Gasteiger partial charge in [-0.1, -0.05) is 20.3 Å². The normalized spacial score (nSPS) is 27.0. The minimum atomic E-state index is 0.128. The van der Waals surface area contributed by atoms with E-state index in [0.717, 1.165) is 13.1 Å². The summed E-state index contributed by atoms with van der Waals surface area (Å²) in [5.41, 5.74) is 7.82. The average molecular weight is 250 g/mol. The van der Waals surface area contributed by atoms with E-state index in [1.165, 1.54) is 24.8 Å². The van der Waals surface area contributed by atoms with Crippen LogP contribution < -0.4 is 5.73 Å². The first-order valence-corrected chi connectivity index (χ1v) is 6.80. The lowest BCUT2D eigenvalue weighted by Gasteiger charge is -2.47. The van der Waals surface area contributed by atoms with Gasteiger partial charge in [0.05, 0.1) is 6.20 Å². The van der Waals surface area contributed by atoms with E-state index in [0.29, 0.717) is 5.41 Å². The largest absolute Gasteiger partial charge is 0.329 e. The molecule has 1 heterocycles. The van der Waals surface area contributed by atoms with Gasteiger partial charge in [0, 0.05) is 37.4 Å². The van der Waals surface area contributed by atoms with E-state index >= 15 is 0 Å². The van der Waals surface area contributed by atoms with Gasteiger partial charge in [-0.3, -0.25) is 9.58 Å². The van der Waals surface area contributed by atoms with Gasteiger partial charge in [0.2, 0.25) is 0 Å².